The third-order valence-corrected chi connectivity index (χ3v) is 2.87. The van der Waals surface area contributed by atoms with Crippen LogP contribution in [0.3, 0.4) is 0 Å². The van der Waals surface area contributed by atoms with Crippen LogP contribution in [0, 0.1) is 0 Å². The standard InChI is InChI=1S/C14H19N3O/c1-9(18)15-10-6-7-12-11(8-10)16-13(17(12)5)14(2,3)4/h6-8H,1-5H3,(H,15,18). The van der Waals surface area contributed by atoms with Crippen molar-refractivity contribution in [3.05, 3.63) is 24.0 Å². The van der Waals surface area contributed by atoms with Crippen molar-refractivity contribution in [1.82, 2.24) is 9.55 Å². The van der Waals surface area contributed by atoms with Crippen LogP contribution in [0.1, 0.15) is 33.5 Å². The zero-order valence-electron chi connectivity index (χ0n) is 11.5. The first kappa shape index (κ1) is 12.6. The van der Waals surface area contributed by atoms with Gasteiger partial charge in [-0.25, -0.2) is 4.98 Å². The molecule has 1 N–H and O–H groups in total. The molecule has 0 aliphatic carbocycles. The summed E-state index contributed by atoms with van der Waals surface area (Å²) in [5, 5.41) is 2.78. The van der Waals surface area contributed by atoms with E-state index in [1.807, 2.05) is 25.2 Å². The number of anilines is 1. The van der Waals surface area contributed by atoms with E-state index < -0.39 is 0 Å². The topological polar surface area (TPSA) is 46.9 Å². The van der Waals surface area contributed by atoms with Gasteiger partial charge in [0.05, 0.1) is 11.0 Å². The lowest BCUT2D eigenvalue weighted by Gasteiger charge is -2.17. The second kappa shape index (κ2) is 4.12. The van der Waals surface area contributed by atoms with E-state index in [1.54, 1.807) is 0 Å². The Labute approximate surface area is 107 Å². The maximum atomic E-state index is 11.0. The van der Waals surface area contributed by atoms with Crippen molar-refractivity contribution < 1.29 is 4.79 Å². The van der Waals surface area contributed by atoms with Gasteiger partial charge < -0.3 is 9.88 Å². The molecular formula is C14H19N3O. The first-order chi connectivity index (χ1) is 8.29. The number of fused-ring (bicyclic) bond motifs is 1. The number of hydrogen-bond donors (Lipinski definition) is 1. The number of imidazole rings is 1. The second-order valence-corrected chi connectivity index (χ2v) is 5.63. The average Bonchev–Trinajstić information content (AvgIpc) is 2.54. The molecule has 96 valence electrons. The van der Waals surface area contributed by atoms with Crippen LogP contribution in [-0.2, 0) is 17.3 Å². The molecule has 4 nitrogen and oxygen atoms in total. The Hall–Kier alpha value is -1.84. The number of benzene rings is 1. The van der Waals surface area contributed by atoms with E-state index in [1.165, 1.54) is 6.92 Å². The van der Waals surface area contributed by atoms with Crippen molar-refractivity contribution in [1.29, 1.82) is 0 Å². The van der Waals surface area contributed by atoms with Crippen molar-refractivity contribution in [2.45, 2.75) is 33.1 Å². The van der Waals surface area contributed by atoms with Crippen molar-refractivity contribution in [3.8, 4) is 0 Å². The van der Waals surface area contributed by atoms with Gasteiger partial charge in [0.15, 0.2) is 0 Å². The molecule has 0 saturated heterocycles. The van der Waals surface area contributed by atoms with Gasteiger partial charge in [-0.2, -0.15) is 0 Å². The molecule has 0 saturated carbocycles. The van der Waals surface area contributed by atoms with E-state index >= 15 is 0 Å². The fraction of sp³-hybridized carbons (Fsp3) is 0.429. The number of carbonyl (C=O) groups is 1. The number of amides is 1. The molecule has 2 rings (SSSR count). The third kappa shape index (κ3) is 2.23. The lowest BCUT2D eigenvalue weighted by molar-refractivity contribution is -0.114. The number of nitrogens with one attached hydrogen (secondary N) is 1. The Morgan fingerprint density at radius 2 is 2.00 bits per heavy atom. The molecule has 0 radical (unpaired) electrons. The number of nitrogens with zero attached hydrogens (tertiary/aromatic N) is 2. The Morgan fingerprint density at radius 3 is 2.56 bits per heavy atom. The summed E-state index contributed by atoms with van der Waals surface area (Å²) in [4.78, 5) is 15.7. The molecule has 0 fully saturated rings. The fourth-order valence-corrected chi connectivity index (χ4v) is 2.15. The molecule has 0 spiro atoms. The summed E-state index contributed by atoms with van der Waals surface area (Å²) in [7, 11) is 2.02. The number of aryl methyl sites for hydroxylation is 1. The van der Waals surface area contributed by atoms with Gasteiger partial charge in [-0.15, -0.1) is 0 Å². The van der Waals surface area contributed by atoms with Gasteiger partial charge in [0.2, 0.25) is 5.91 Å². The Morgan fingerprint density at radius 1 is 1.33 bits per heavy atom. The van der Waals surface area contributed by atoms with Crippen LogP contribution in [0.25, 0.3) is 11.0 Å². The third-order valence-electron chi connectivity index (χ3n) is 2.87. The molecule has 0 unspecified atom stereocenters. The van der Waals surface area contributed by atoms with Gasteiger partial charge in [-0.05, 0) is 18.2 Å². The minimum absolute atomic E-state index is 0.00192. The van der Waals surface area contributed by atoms with Crippen LogP contribution >= 0.6 is 0 Å². The summed E-state index contributed by atoms with van der Waals surface area (Å²) in [5.74, 6) is 0.971. The second-order valence-electron chi connectivity index (χ2n) is 5.63. The van der Waals surface area contributed by atoms with Gasteiger partial charge in [-0.3, -0.25) is 4.79 Å². The minimum atomic E-state index is -0.0682. The van der Waals surface area contributed by atoms with Crippen molar-refractivity contribution in [3.63, 3.8) is 0 Å². The molecule has 1 amide bonds. The summed E-state index contributed by atoms with van der Waals surface area (Å²) < 4.78 is 2.10. The van der Waals surface area contributed by atoms with Gasteiger partial charge >= 0.3 is 0 Å². The maximum Gasteiger partial charge on any atom is 0.221 e. The molecular weight excluding hydrogens is 226 g/mol. The highest BCUT2D eigenvalue weighted by Gasteiger charge is 2.21. The van der Waals surface area contributed by atoms with Crippen LogP contribution in [-0.4, -0.2) is 15.5 Å². The van der Waals surface area contributed by atoms with E-state index in [0.29, 0.717) is 0 Å². The van der Waals surface area contributed by atoms with Crippen LogP contribution in [0.4, 0.5) is 5.69 Å². The minimum Gasteiger partial charge on any atom is -0.331 e. The maximum absolute atomic E-state index is 11.0. The summed E-state index contributed by atoms with van der Waals surface area (Å²) in [6.45, 7) is 7.93. The molecule has 0 bridgehead atoms. The van der Waals surface area contributed by atoms with Crippen molar-refractivity contribution in [2.24, 2.45) is 7.05 Å². The van der Waals surface area contributed by atoms with E-state index in [4.69, 9.17) is 0 Å². The number of aromatic nitrogens is 2. The summed E-state index contributed by atoms with van der Waals surface area (Å²) in [5.41, 5.74) is 2.78. The molecule has 0 atom stereocenters. The Bertz CT molecular complexity index is 605. The van der Waals surface area contributed by atoms with Crippen LogP contribution in [0.15, 0.2) is 18.2 Å². The monoisotopic (exact) mass is 245 g/mol. The highest BCUT2D eigenvalue weighted by atomic mass is 16.1. The predicted molar refractivity (Wildman–Crippen MR) is 73.7 cm³/mol. The molecule has 0 aliphatic rings. The molecule has 1 aromatic carbocycles. The average molecular weight is 245 g/mol. The molecule has 4 heteroatoms. The molecule has 0 aliphatic heterocycles. The van der Waals surface area contributed by atoms with Crippen LogP contribution < -0.4 is 5.32 Å². The number of hydrogen-bond acceptors (Lipinski definition) is 2. The quantitative estimate of drug-likeness (QED) is 0.839. The van der Waals surface area contributed by atoms with Crippen LogP contribution in [0.2, 0.25) is 0 Å². The van der Waals surface area contributed by atoms with Crippen molar-refractivity contribution in [2.75, 3.05) is 5.32 Å². The highest BCUT2D eigenvalue weighted by molar-refractivity contribution is 5.91. The Balaban J connectivity index is 2.55. The normalized spacial score (nSPS) is 11.8. The SMILES string of the molecule is CC(=O)Nc1ccc2c(c1)nc(C(C)(C)C)n2C. The molecule has 1 aromatic heterocycles. The largest absolute Gasteiger partial charge is 0.331 e. The van der Waals surface area contributed by atoms with E-state index in [0.717, 1.165) is 22.5 Å². The predicted octanol–water partition coefficient (Wildman–Crippen LogP) is 2.83. The zero-order valence-corrected chi connectivity index (χ0v) is 11.5. The number of rotatable bonds is 1. The molecule has 1 heterocycles. The smallest absolute Gasteiger partial charge is 0.221 e. The van der Waals surface area contributed by atoms with Crippen LogP contribution in [0.5, 0.6) is 0 Å². The lowest BCUT2D eigenvalue weighted by Crippen LogP contribution is -2.17. The first-order valence-electron chi connectivity index (χ1n) is 6.03. The van der Waals surface area contributed by atoms with E-state index in [9.17, 15) is 4.79 Å². The molecule has 2 aromatic rings. The van der Waals surface area contributed by atoms with Gasteiger partial charge in [0.1, 0.15) is 5.82 Å². The number of carbonyl (C=O) groups excluding carboxylic acids is 1. The first-order valence-corrected chi connectivity index (χ1v) is 6.03. The highest BCUT2D eigenvalue weighted by Crippen LogP contribution is 2.26. The Kier molecular flexibility index (Phi) is 2.89. The lowest BCUT2D eigenvalue weighted by atomic mass is 9.96. The fourth-order valence-electron chi connectivity index (χ4n) is 2.15. The van der Waals surface area contributed by atoms with Gasteiger partial charge in [0, 0.05) is 25.1 Å². The summed E-state index contributed by atoms with van der Waals surface area (Å²) in [6.07, 6.45) is 0. The van der Waals surface area contributed by atoms with Gasteiger partial charge in [0.25, 0.3) is 0 Å². The summed E-state index contributed by atoms with van der Waals surface area (Å²) >= 11 is 0. The van der Waals surface area contributed by atoms with E-state index in [2.05, 4.69) is 35.6 Å². The summed E-state index contributed by atoms with van der Waals surface area (Å²) in [6, 6.07) is 5.80. The molecule has 18 heavy (non-hydrogen) atoms. The van der Waals surface area contributed by atoms with Gasteiger partial charge in [-0.1, -0.05) is 20.8 Å². The van der Waals surface area contributed by atoms with E-state index in [-0.39, 0.29) is 11.3 Å². The van der Waals surface area contributed by atoms with Crippen molar-refractivity contribution >= 4 is 22.6 Å². The zero-order chi connectivity index (χ0) is 13.5.